The van der Waals surface area contributed by atoms with Crippen LogP contribution in [0.3, 0.4) is 0 Å². The topological polar surface area (TPSA) is 53.5 Å². The van der Waals surface area contributed by atoms with Gasteiger partial charge in [-0.1, -0.05) is 39.5 Å². The maximum atomic E-state index is 14.9. The van der Waals surface area contributed by atoms with Crippen molar-refractivity contribution in [3.05, 3.63) is 47.0 Å². The van der Waals surface area contributed by atoms with Crippen molar-refractivity contribution >= 4 is 0 Å². The van der Waals surface area contributed by atoms with E-state index in [2.05, 4.69) is 23.8 Å². The van der Waals surface area contributed by atoms with Crippen LogP contribution in [0.2, 0.25) is 0 Å². The van der Waals surface area contributed by atoms with E-state index in [1.807, 2.05) is 0 Å². The van der Waals surface area contributed by atoms with Gasteiger partial charge in [-0.15, -0.1) is 0 Å². The predicted octanol–water partition coefficient (Wildman–Crippen LogP) is 6.96. The molecular formula is C28H40F2N2O3. The highest BCUT2D eigenvalue weighted by molar-refractivity contribution is 5.41. The molecule has 1 aromatic heterocycles. The zero-order valence-electron chi connectivity index (χ0n) is 21.3. The molecule has 5 nitrogen and oxygen atoms in total. The molecule has 0 saturated carbocycles. The van der Waals surface area contributed by atoms with Crippen molar-refractivity contribution < 1.29 is 23.0 Å². The molecule has 7 heteroatoms. The second kappa shape index (κ2) is 15.0. The number of halogens is 2. The van der Waals surface area contributed by atoms with E-state index in [1.165, 1.54) is 12.8 Å². The first-order valence-corrected chi connectivity index (χ1v) is 13.3. The lowest BCUT2D eigenvalue weighted by Crippen LogP contribution is -2.18. The maximum absolute atomic E-state index is 14.9. The van der Waals surface area contributed by atoms with Gasteiger partial charge in [0.2, 0.25) is 5.82 Å². The van der Waals surface area contributed by atoms with Crippen LogP contribution in [-0.2, 0) is 17.6 Å². The Morgan fingerprint density at radius 1 is 0.829 bits per heavy atom. The number of hydrogen-bond donors (Lipinski definition) is 0. The molecule has 1 aliphatic rings. The molecule has 1 unspecified atom stereocenters. The number of aromatic nitrogens is 2. The van der Waals surface area contributed by atoms with Crippen LogP contribution in [0.5, 0.6) is 11.5 Å². The van der Waals surface area contributed by atoms with Gasteiger partial charge in [0.15, 0.2) is 17.3 Å². The standard InChI is InChI=1S/C28H40F2N2O3/c1-3-5-7-8-15-34-23-19-31-28(32-20-23)22-12-11-21-18-25(27(30)26(29)24(21)17-22)35-16-10-9-14-33-13-6-4-2/h18-20,22H,3-17H2,1-2H3. The number of rotatable bonds is 16. The largest absolute Gasteiger partial charge is 0.490 e. The number of unbranched alkanes of at least 4 members (excludes halogenated alkanes) is 5. The molecular weight excluding hydrogens is 450 g/mol. The van der Waals surface area contributed by atoms with E-state index < -0.39 is 11.6 Å². The summed E-state index contributed by atoms with van der Waals surface area (Å²) in [7, 11) is 0. The van der Waals surface area contributed by atoms with E-state index in [1.54, 1.807) is 18.5 Å². The first-order chi connectivity index (χ1) is 17.1. The molecule has 0 bridgehead atoms. The zero-order valence-corrected chi connectivity index (χ0v) is 21.3. The molecule has 0 radical (unpaired) electrons. The van der Waals surface area contributed by atoms with Crippen molar-refractivity contribution in [3.8, 4) is 11.5 Å². The third-order valence-corrected chi connectivity index (χ3v) is 6.44. The second-order valence-electron chi connectivity index (χ2n) is 9.29. The van der Waals surface area contributed by atoms with Crippen LogP contribution in [0.15, 0.2) is 18.5 Å². The number of benzene rings is 1. The smallest absolute Gasteiger partial charge is 0.200 e. The van der Waals surface area contributed by atoms with Gasteiger partial charge in [-0.2, -0.15) is 4.39 Å². The van der Waals surface area contributed by atoms with Gasteiger partial charge < -0.3 is 14.2 Å². The Morgan fingerprint density at radius 2 is 1.51 bits per heavy atom. The van der Waals surface area contributed by atoms with Crippen LogP contribution in [0, 0.1) is 11.6 Å². The third-order valence-electron chi connectivity index (χ3n) is 6.44. The lowest BCUT2D eigenvalue weighted by atomic mass is 9.83. The summed E-state index contributed by atoms with van der Waals surface area (Å²) >= 11 is 0. The molecule has 194 valence electrons. The van der Waals surface area contributed by atoms with E-state index in [0.29, 0.717) is 49.8 Å². The van der Waals surface area contributed by atoms with Crippen LogP contribution in [0.4, 0.5) is 8.78 Å². The second-order valence-corrected chi connectivity index (χ2v) is 9.29. The van der Waals surface area contributed by atoms with Gasteiger partial charge in [0.05, 0.1) is 25.6 Å². The molecule has 0 N–H and O–H groups in total. The van der Waals surface area contributed by atoms with Gasteiger partial charge >= 0.3 is 0 Å². The molecule has 1 atom stereocenters. The minimum Gasteiger partial charge on any atom is -0.490 e. The number of nitrogens with zero attached hydrogens (tertiary/aromatic N) is 2. The van der Waals surface area contributed by atoms with E-state index in [9.17, 15) is 8.78 Å². The molecule has 1 aliphatic carbocycles. The van der Waals surface area contributed by atoms with Crippen molar-refractivity contribution in [2.45, 2.75) is 90.4 Å². The highest BCUT2D eigenvalue weighted by Gasteiger charge is 2.28. The van der Waals surface area contributed by atoms with Crippen molar-refractivity contribution in [1.29, 1.82) is 0 Å². The Kier molecular flexibility index (Phi) is 11.7. The number of ether oxygens (including phenoxy) is 3. The summed E-state index contributed by atoms with van der Waals surface area (Å²) in [4.78, 5) is 8.91. The highest BCUT2D eigenvalue weighted by atomic mass is 19.2. The van der Waals surface area contributed by atoms with Gasteiger partial charge in [-0.05, 0) is 62.1 Å². The molecule has 2 aromatic rings. The molecule has 0 saturated heterocycles. The molecule has 0 spiro atoms. The summed E-state index contributed by atoms with van der Waals surface area (Å²) in [6.45, 7) is 6.74. The first kappa shape index (κ1) is 27.3. The predicted molar refractivity (Wildman–Crippen MR) is 133 cm³/mol. The average molecular weight is 491 g/mol. The monoisotopic (exact) mass is 490 g/mol. The lowest BCUT2D eigenvalue weighted by molar-refractivity contribution is 0.123. The summed E-state index contributed by atoms with van der Waals surface area (Å²) in [5, 5.41) is 0. The molecule has 3 rings (SSSR count). The Bertz CT molecular complexity index is 893. The first-order valence-electron chi connectivity index (χ1n) is 13.3. The van der Waals surface area contributed by atoms with Gasteiger partial charge in [0.25, 0.3) is 0 Å². The van der Waals surface area contributed by atoms with Crippen LogP contribution in [-0.4, -0.2) is 36.4 Å². The third kappa shape index (κ3) is 8.41. The van der Waals surface area contributed by atoms with E-state index in [4.69, 9.17) is 14.2 Å². The summed E-state index contributed by atoms with van der Waals surface area (Å²) in [6.07, 6.45) is 13.5. The average Bonchev–Trinajstić information content (AvgIpc) is 2.88. The highest BCUT2D eigenvalue weighted by Crippen LogP contribution is 2.36. The van der Waals surface area contributed by atoms with Gasteiger partial charge in [0, 0.05) is 19.1 Å². The van der Waals surface area contributed by atoms with Crippen LogP contribution in [0.1, 0.15) is 94.5 Å². The molecule has 1 aromatic carbocycles. The normalized spacial score (nSPS) is 15.1. The Hall–Kier alpha value is -2.28. The van der Waals surface area contributed by atoms with Gasteiger partial charge in [0.1, 0.15) is 5.82 Å². The lowest BCUT2D eigenvalue weighted by Gasteiger charge is -2.25. The summed E-state index contributed by atoms with van der Waals surface area (Å²) < 4.78 is 46.5. The van der Waals surface area contributed by atoms with Crippen molar-refractivity contribution in [1.82, 2.24) is 9.97 Å². The van der Waals surface area contributed by atoms with Crippen LogP contribution >= 0.6 is 0 Å². The van der Waals surface area contributed by atoms with Crippen molar-refractivity contribution in [2.24, 2.45) is 0 Å². The molecule has 1 heterocycles. The summed E-state index contributed by atoms with van der Waals surface area (Å²) in [5.74, 6) is -0.463. The van der Waals surface area contributed by atoms with Crippen molar-refractivity contribution in [3.63, 3.8) is 0 Å². The SMILES string of the molecule is CCCCCCOc1cnc(C2CCc3cc(OCCCCOCCCC)c(F)c(F)c3C2)nc1. The quantitative estimate of drug-likeness (QED) is 0.238. The minimum atomic E-state index is -0.906. The Labute approximate surface area is 208 Å². The van der Waals surface area contributed by atoms with Crippen molar-refractivity contribution in [2.75, 3.05) is 26.4 Å². The Morgan fingerprint density at radius 3 is 2.29 bits per heavy atom. The van der Waals surface area contributed by atoms with E-state index in [-0.39, 0.29) is 11.7 Å². The fraction of sp³-hybridized carbons (Fsp3) is 0.643. The fourth-order valence-corrected chi connectivity index (χ4v) is 4.30. The van der Waals surface area contributed by atoms with E-state index >= 15 is 0 Å². The summed E-state index contributed by atoms with van der Waals surface area (Å²) in [6, 6.07) is 1.66. The molecule has 35 heavy (non-hydrogen) atoms. The maximum Gasteiger partial charge on any atom is 0.200 e. The van der Waals surface area contributed by atoms with Gasteiger partial charge in [-0.3, -0.25) is 0 Å². The number of hydrogen-bond acceptors (Lipinski definition) is 5. The summed E-state index contributed by atoms with van der Waals surface area (Å²) in [5.41, 5.74) is 1.22. The minimum absolute atomic E-state index is 0.00305. The zero-order chi connectivity index (χ0) is 24.9. The molecule has 0 amide bonds. The van der Waals surface area contributed by atoms with Gasteiger partial charge in [-0.25, -0.2) is 14.4 Å². The number of fused-ring (bicyclic) bond motifs is 1. The van der Waals surface area contributed by atoms with Crippen LogP contribution < -0.4 is 9.47 Å². The molecule has 0 fully saturated rings. The fourth-order valence-electron chi connectivity index (χ4n) is 4.30. The van der Waals surface area contributed by atoms with E-state index in [0.717, 1.165) is 57.1 Å². The number of aryl methyl sites for hydroxylation is 1. The molecule has 0 aliphatic heterocycles. The van der Waals surface area contributed by atoms with Crippen LogP contribution in [0.25, 0.3) is 0 Å². The Balaban J connectivity index is 1.50.